The van der Waals surface area contributed by atoms with Crippen LogP contribution in [-0.2, 0) is 24.3 Å². The Morgan fingerprint density at radius 1 is 1.18 bits per heavy atom. The molecule has 0 aliphatic rings. The van der Waals surface area contributed by atoms with Crippen LogP contribution in [0, 0.1) is 0 Å². The second-order valence-electron chi connectivity index (χ2n) is 6.46. The van der Waals surface area contributed by atoms with Gasteiger partial charge in [-0.15, -0.1) is 0 Å². The summed E-state index contributed by atoms with van der Waals surface area (Å²) in [6.07, 6.45) is 5.06. The summed E-state index contributed by atoms with van der Waals surface area (Å²) in [5.74, 6) is -0.0435. The minimum absolute atomic E-state index is 0.0867. The van der Waals surface area contributed by atoms with Gasteiger partial charge >= 0.3 is 5.97 Å². The summed E-state index contributed by atoms with van der Waals surface area (Å²) in [7, 11) is 0. The maximum absolute atomic E-state index is 10.8. The number of fused-ring (bicyclic) bond motifs is 1. The first-order chi connectivity index (χ1) is 13.5. The van der Waals surface area contributed by atoms with Gasteiger partial charge in [-0.3, -0.25) is 9.78 Å². The fraction of sp³-hybridized carbons (Fsp3) is 0.200. The number of aryl methyl sites for hydroxylation is 1. The van der Waals surface area contributed by atoms with Crippen molar-refractivity contribution >= 4 is 28.6 Å². The van der Waals surface area contributed by atoms with Crippen LogP contribution in [-0.4, -0.2) is 35.2 Å². The van der Waals surface area contributed by atoms with E-state index in [1.165, 1.54) is 0 Å². The molecule has 0 bridgehead atoms. The highest BCUT2D eigenvalue weighted by Gasteiger charge is 2.12. The molecule has 0 saturated carbocycles. The van der Waals surface area contributed by atoms with Crippen molar-refractivity contribution in [3.8, 4) is 11.4 Å². The molecule has 4 rings (SSSR count). The van der Waals surface area contributed by atoms with Gasteiger partial charge in [0.25, 0.3) is 0 Å². The minimum atomic E-state index is -0.896. The van der Waals surface area contributed by atoms with E-state index in [1.807, 2.05) is 34.9 Å². The average Bonchev–Trinajstić information content (AvgIpc) is 3.25. The molecule has 1 aromatic carbocycles. The first-order valence-corrected chi connectivity index (χ1v) is 9.25. The Morgan fingerprint density at radius 3 is 2.75 bits per heavy atom. The monoisotopic (exact) mass is 395 g/mol. The molecule has 3 aromatic heterocycles. The summed E-state index contributed by atoms with van der Waals surface area (Å²) < 4.78 is 3.94. The predicted octanol–water partition coefficient (Wildman–Crippen LogP) is 3.64. The molecule has 0 aliphatic heterocycles. The average molecular weight is 396 g/mol. The molecule has 0 aliphatic carbocycles. The van der Waals surface area contributed by atoms with Crippen molar-refractivity contribution in [1.29, 1.82) is 0 Å². The number of nitrogens with zero attached hydrogens (tertiary/aromatic N) is 5. The van der Waals surface area contributed by atoms with Crippen LogP contribution < -0.4 is 0 Å². The number of benzene rings is 1. The minimum Gasteiger partial charge on any atom is -0.481 e. The van der Waals surface area contributed by atoms with Crippen LogP contribution in [0.3, 0.4) is 0 Å². The Balaban J connectivity index is 1.59. The van der Waals surface area contributed by atoms with Gasteiger partial charge in [0.05, 0.1) is 41.7 Å². The van der Waals surface area contributed by atoms with Crippen LogP contribution in [0.25, 0.3) is 22.4 Å². The van der Waals surface area contributed by atoms with Crippen LogP contribution in [0.4, 0.5) is 0 Å². The van der Waals surface area contributed by atoms with Crippen LogP contribution in [0.15, 0.2) is 49.1 Å². The molecule has 0 saturated heterocycles. The third kappa shape index (κ3) is 3.61. The number of aromatic nitrogens is 5. The van der Waals surface area contributed by atoms with Crippen molar-refractivity contribution in [1.82, 2.24) is 24.1 Å². The maximum Gasteiger partial charge on any atom is 0.309 e. The number of pyridine rings is 1. The zero-order chi connectivity index (χ0) is 19.7. The topological polar surface area (TPSA) is 85.8 Å². The normalized spacial score (nSPS) is 11.2. The molecule has 1 N–H and O–H groups in total. The van der Waals surface area contributed by atoms with Crippen LogP contribution in [0.1, 0.15) is 18.3 Å². The van der Waals surface area contributed by atoms with Gasteiger partial charge in [-0.2, -0.15) is 0 Å². The van der Waals surface area contributed by atoms with Gasteiger partial charge in [0, 0.05) is 29.5 Å². The summed E-state index contributed by atoms with van der Waals surface area (Å²) in [5, 5.41) is 9.52. The number of imidazole rings is 2. The number of hydrogen-bond acceptors (Lipinski definition) is 4. The number of hydrogen-bond donors (Lipinski definition) is 1. The first kappa shape index (κ1) is 18.2. The van der Waals surface area contributed by atoms with E-state index in [1.54, 1.807) is 18.7 Å². The molecule has 0 atom stereocenters. The fourth-order valence-corrected chi connectivity index (χ4v) is 3.38. The Bertz CT molecular complexity index is 1150. The van der Waals surface area contributed by atoms with E-state index in [-0.39, 0.29) is 6.42 Å². The number of aliphatic carboxylic acids is 1. The van der Waals surface area contributed by atoms with E-state index < -0.39 is 5.97 Å². The first-order valence-electron chi connectivity index (χ1n) is 8.87. The highest BCUT2D eigenvalue weighted by molar-refractivity contribution is 6.31. The van der Waals surface area contributed by atoms with E-state index >= 15 is 0 Å². The van der Waals surface area contributed by atoms with Crippen molar-refractivity contribution < 1.29 is 9.90 Å². The molecular weight excluding hydrogens is 378 g/mol. The zero-order valence-corrected chi connectivity index (χ0v) is 16.0. The maximum atomic E-state index is 10.8. The second kappa shape index (κ2) is 7.44. The summed E-state index contributed by atoms with van der Waals surface area (Å²) >= 11 is 6.14. The lowest BCUT2D eigenvalue weighted by molar-refractivity contribution is -0.136. The summed E-state index contributed by atoms with van der Waals surface area (Å²) in [4.78, 5) is 24.1. The van der Waals surface area contributed by atoms with Crippen molar-refractivity contribution in [2.45, 2.75) is 26.4 Å². The van der Waals surface area contributed by atoms with Crippen LogP contribution in [0.2, 0.25) is 5.02 Å². The van der Waals surface area contributed by atoms with Crippen LogP contribution >= 0.6 is 11.6 Å². The number of halogens is 1. The van der Waals surface area contributed by atoms with Gasteiger partial charge in [0.2, 0.25) is 0 Å². The molecule has 7 nitrogen and oxygen atoms in total. The van der Waals surface area contributed by atoms with E-state index in [2.05, 4.69) is 21.5 Å². The van der Waals surface area contributed by atoms with E-state index in [0.29, 0.717) is 17.3 Å². The summed E-state index contributed by atoms with van der Waals surface area (Å²) in [5.41, 5.74) is 4.20. The number of carbonyl (C=O) groups is 1. The molecule has 28 heavy (non-hydrogen) atoms. The quantitative estimate of drug-likeness (QED) is 0.538. The van der Waals surface area contributed by atoms with Crippen molar-refractivity contribution in [3.05, 3.63) is 65.5 Å². The Morgan fingerprint density at radius 2 is 2.04 bits per heavy atom. The molecule has 0 radical (unpaired) electrons. The lowest BCUT2D eigenvalue weighted by Gasteiger charge is -2.07. The van der Waals surface area contributed by atoms with Gasteiger partial charge in [0.15, 0.2) is 0 Å². The smallest absolute Gasteiger partial charge is 0.309 e. The highest BCUT2D eigenvalue weighted by atomic mass is 35.5. The number of carboxylic acid groups (broad SMARTS) is 1. The molecule has 3 heterocycles. The summed E-state index contributed by atoms with van der Waals surface area (Å²) in [6.45, 7) is 3.36. The van der Waals surface area contributed by atoms with Gasteiger partial charge in [0.1, 0.15) is 5.82 Å². The van der Waals surface area contributed by atoms with Crippen LogP contribution in [0.5, 0.6) is 0 Å². The molecule has 0 fully saturated rings. The van der Waals surface area contributed by atoms with Gasteiger partial charge in [-0.1, -0.05) is 11.6 Å². The van der Waals surface area contributed by atoms with Crippen molar-refractivity contribution in [2.24, 2.45) is 0 Å². The van der Waals surface area contributed by atoms with Crippen molar-refractivity contribution in [3.63, 3.8) is 0 Å². The molecule has 142 valence electrons. The van der Waals surface area contributed by atoms with Gasteiger partial charge < -0.3 is 14.2 Å². The third-order valence-corrected chi connectivity index (χ3v) is 4.71. The Hall–Kier alpha value is -3.19. The lowest BCUT2D eigenvalue weighted by Crippen LogP contribution is -2.02. The molecule has 0 amide bonds. The van der Waals surface area contributed by atoms with E-state index in [0.717, 1.165) is 34.7 Å². The molecule has 0 spiro atoms. The van der Waals surface area contributed by atoms with Crippen molar-refractivity contribution in [2.75, 3.05) is 0 Å². The predicted molar refractivity (Wildman–Crippen MR) is 106 cm³/mol. The molecular formula is C20H18ClN5O2. The molecule has 4 aromatic rings. The molecule has 0 unspecified atom stereocenters. The number of carboxylic acids is 1. The summed E-state index contributed by atoms with van der Waals surface area (Å²) in [6, 6.07) is 9.62. The third-order valence-electron chi connectivity index (χ3n) is 4.47. The van der Waals surface area contributed by atoms with Gasteiger partial charge in [-0.05, 0) is 37.3 Å². The SMILES string of the molecule is CCn1c(-c2ccc(Cn3cnc(CC(=O)O)c3)nc2)nc2ccc(Cl)cc21. The standard InChI is InChI=1S/C20H18ClN5O2/c1-2-26-18-7-14(21)4-6-17(18)24-20(26)13-3-5-15(22-9-13)10-25-11-16(23-12-25)8-19(27)28/h3-7,9,11-12H,2,8,10H2,1H3,(H,27,28). The molecule has 8 heteroatoms. The second-order valence-corrected chi connectivity index (χ2v) is 6.90. The Kier molecular flexibility index (Phi) is 4.83. The highest BCUT2D eigenvalue weighted by Crippen LogP contribution is 2.26. The number of rotatable bonds is 6. The zero-order valence-electron chi connectivity index (χ0n) is 15.2. The van der Waals surface area contributed by atoms with Gasteiger partial charge in [-0.25, -0.2) is 9.97 Å². The van der Waals surface area contributed by atoms with E-state index in [4.69, 9.17) is 21.7 Å². The Labute approximate surface area is 166 Å². The lowest BCUT2D eigenvalue weighted by atomic mass is 10.2. The largest absolute Gasteiger partial charge is 0.481 e. The fourth-order valence-electron chi connectivity index (χ4n) is 3.21. The van der Waals surface area contributed by atoms with E-state index in [9.17, 15) is 4.79 Å².